The minimum Gasteiger partial charge on any atom is -0.492 e. The van der Waals surface area contributed by atoms with Gasteiger partial charge in [-0.25, -0.2) is 13.4 Å². The maximum atomic E-state index is 14.0. The van der Waals surface area contributed by atoms with Crippen LogP contribution in [0.4, 0.5) is 0 Å². The lowest BCUT2D eigenvalue weighted by Crippen LogP contribution is -2.61. The third-order valence-corrected chi connectivity index (χ3v) is 11.7. The first-order chi connectivity index (χ1) is 22.3. The van der Waals surface area contributed by atoms with E-state index in [2.05, 4.69) is 34.1 Å². The van der Waals surface area contributed by atoms with E-state index >= 15 is 0 Å². The van der Waals surface area contributed by atoms with Gasteiger partial charge in [0.1, 0.15) is 11.8 Å². The van der Waals surface area contributed by atoms with Crippen LogP contribution in [0.5, 0.6) is 5.75 Å². The summed E-state index contributed by atoms with van der Waals surface area (Å²) in [4.78, 5) is 22.2. The molecular formula is C35H44ClN5O4S. The van der Waals surface area contributed by atoms with Gasteiger partial charge >= 0.3 is 0 Å². The molecule has 11 heteroatoms. The zero-order valence-electron chi connectivity index (χ0n) is 26.3. The molecule has 46 heavy (non-hydrogen) atoms. The molecule has 2 aromatic carbocycles. The van der Waals surface area contributed by atoms with Crippen LogP contribution in [0.2, 0.25) is 5.02 Å². The van der Waals surface area contributed by atoms with Gasteiger partial charge in [-0.2, -0.15) is 4.31 Å². The quantitative estimate of drug-likeness (QED) is 0.335. The van der Waals surface area contributed by atoms with Crippen LogP contribution >= 0.6 is 11.6 Å². The van der Waals surface area contributed by atoms with Gasteiger partial charge < -0.3 is 15.4 Å². The number of hydrogen-bond acceptors (Lipinski definition) is 7. The molecular weight excluding hydrogens is 622 g/mol. The van der Waals surface area contributed by atoms with Gasteiger partial charge in [-0.3, -0.25) is 9.69 Å². The van der Waals surface area contributed by atoms with Gasteiger partial charge in [0.05, 0.1) is 12.8 Å². The third kappa shape index (κ3) is 7.91. The first kappa shape index (κ1) is 32.9. The van der Waals surface area contributed by atoms with Crippen LogP contribution in [-0.4, -0.2) is 84.8 Å². The Morgan fingerprint density at radius 3 is 2.20 bits per heavy atom. The molecule has 9 nitrogen and oxygen atoms in total. The minimum absolute atomic E-state index is 0.0608. The fraction of sp³-hybridized carbons (Fsp3) is 0.486. The summed E-state index contributed by atoms with van der Waals surface area (Å²) in [6.07, 6.45) is 8.98. The van der Waals surface area contributed by atoms with Crippen molar-refractivity contribution < 1.29 is 17.9 Å². The van der Waals surface area contributed by atoms with Gasteiger partial charge in [-0.05, 0) is 72.6 Å². The maximum absolute atomic E-state index is 14.0. The van der Waals surface area contributed by atoms with Crippen LogP contribution in [0.1, 0.15) is 50.5 Å². The van der Waals surface area contributed by atoms with Crippen molar-refractivity contribution in [2.24, 2.45) is 11.7 Å². The standard InChI is InChI=1S/C35H44ClN5O4S/c36-30-12-10-29(11-13-30)28-8-6-26(7-9-28)23-39-20-21-41(33(24-39)35(42)40-18-16-31(37)17-19-40)46(43,44)34-15-14-32(22-38-34)45-25-27-4-2-1-3-5-27/h6-15,22,27,31,33H,1-5,16-21,23-25,37H2/t33-/m0/s1. The van der Waals surface area contributed by atoms with E-state index in [0.717, 1.165) is 16.7 Å². The second-order valence-electron chi connectivity index (χ2n) is 12.9. The summed E-state index contributed by atoms with van der Waals surface area (Å²) in [5.74, 6) is 0.922. The molecule has 3 aliphatic rings. The first-order valence-corrected chi connectivity index (χ1v) is 18.3. The van der Waals surface area contributed by atoms with Crippen LogP contribution in [0, 0.1) is 5.92 Å². The summed E-state index contributed by atoms with van der Waals surface area (Å²) >= 11 is 6.05. The average molecular weight is 666 g/mol. The molecule has 1 amide bonds. The number of amides is 1. The Kier molecular flexibility index (Phi) is 10.6. The molecule has 0 spiro atoms. The number of carbonyl (C=O) groups excluding carboxylic acids is 1. The number of nitrogens with two attached hydrogens (primary N) is 1. The molecule has 1 aliphatic carbocycles. The Hall–Kier alpha value is -3.02. The predicted octanol–water partition coefficient (Wildman–Crippen LogP) is 5.19. The topological polar surface area (TPSA) is 109 Å². The smallest absolute Gasteiger partial charge is 0.261 e. The van der Waals surface area contributed by atoms with Crippen LogP contribution < -0.4 is 10.5 Å². The number of likely N-dealkylation sites (tertiary alicyclic amines) is 1. The van der Waals surface area contributed by atoms with E-state index in [0.29, 0.717) is 68.9 Å². The summed E-state index contributed by atoms with van der Waals surface area (Å²) in [6.45, 7) is 3.27. The van der Waals surface area contributed by atoms with Gasteiger partial charge in [0, 0.05) is 50.3 Å². The molecule has 3 fully saturated rings. The summed E-state index contributed by atoms with van der Waals surface area (Å²) < 4.78 is 35.3. The van der Waals surface area contributed by atoms with E-state index in [-0.39, 0.29) is 23.5 Å². The lowest BCUT2D eigenvalue weighted by Gasteiger charge is -2.42. The van der Waals surface area contributed by atoms with Crippen LogP contribution in [0.25, 0.3) is 11.1 Å². The molecule has 6 rings (SSSR count). The average Bonchev–Trinajstić information content (AvgIpc) is 3.09. The SMILES string of the molecule is NC1CCN(C(=O)[C@@H]2CN(Cc3ccc(-c4ccc(Cl)cc4)cc3)CCN2S(=O)(=O)c2ccc(OCC3CCCCC3)cn2)CC1. The fourth-order valence-corrected chi connectivity index (χ4v) is 8.39. The number of pyridine rings is 1. The summed E-state index contributed by atoms with van der Waals surface area (Å²) in [7, 11) is -4.04. The Morgan fingerprint density at radius 2 is 1.54 bits per heavy atom. The van der Waals surface area contributed by atoms with Crippen LogP contribution in [-0.2, 0) is 21.4 Å². The fourth-order valence-electron chi connectivity index (χ4n) is 6.78. The predicted molar refractivity (Wildman–Crippen MR) is 180 cm³/mol. The number of sulfonamides is 1. The lowest BCUT2D eigenvalue weighted by molar-refractivity contribution is -0.138. The van der Waals surface area contributed by atoms with E-state index in [1.807, 2.05) is 24.3 Å². The van der Waals surface area contributed by atoms with E-state index in [4.69, 9.17) is 22.1 Å². The van der Waals surface area contributed by atoms with Crippen molar-refractivity contribution in [3.05, 3.63) is 77.4 Å². The molecule has 246 valence electrons. The number of carbonyl (C=O) groups is 1. The summed E-state index contributed by atoms with van der Waals surface area (Å²) in [5.41, 5.74) is 9.37. The number of hydrogen-bond donors (Lipinski definition) is 1. The summed E-state index contributed by atoms with van der Waals surface area (Å²) in [5, 5.41) is 0.631. The second kappa shape index (κ2) is 14.8. The van der Waals surface area contributed by atoms with Crippen molar-refractivity contribution in [3.63, 3.8) is 0 Å². The molecule has 2 N–H and O–H groups in total. The Balaban J connectivity index is 1.16. The molecule has 1 atom stereocenters. The van der Waals surface area contributed by atoms with Crippen molar-refractivity contribution in [3.8, 4) is 16.9 Å². The first-order valence-electron chi connectivity index (χ1n) is 16.5. The number of piperidine rings is 1. The van der Waals surface area contributed by atoms with Crippen molar-refractivity contribution in [2.75, 3.05) is 39.3 Å². The molecule has 0 unspecified atom stereocenters. The zero-order valence-corrected chi connectivity index (χ0v) is 27.8. The van der Waals surface area contributed by atoms with Crippen molar-refractivity contribution >= 4 is 27.5 Å². The molecule has 3 heterocycles. The van der Waals surface area contributed by atoms with Gasteiger partial charge in [0.2, 0.25) is 5.91 Å². The highest BCUT2D eigenvalue weighted by Crippen LogP contribution is 2.28. The molecule has 0 radical (unpaired) electrons. The number of rotatable bonds is 9. The highest BCUT2D eigenvalue weighted by Gasteiger charge is 2.42. The highest BCUT2D eigenvalue weighted by atomic mass is 35.5. The zero-order chi connectivity index (χ0) is 32.1. The number of ether oxygens (including phenoxy) is 1. The van der Waals surface area contributed by atoms with Gasteiger partial charge in [-0.15, -0.1) is 0 Å². The maximum Gasteiger partial charge on any atom is 0.261 e. The van der Waals surface area contributed by atoms with E-state index in [1.54, 1.807) is 11.0 Å². The van der Waals surface area contributed by atoms with E-state index in [1.165, 1.54) is 48.7 Å². The highest BCUT2D eigenvalue weighted by molar-refractivity contribution is 7.89. The Bertz CT molecular complexity index is 1560. The van der Waals surface area contributed by atoms with Crippen molar-refractivity contribution in [1.82, 2.24) is 19.1 Å². The number of nitrogens with zero attached hydrogens (tertiary/aromatic N) is 4. The summed E-state index contributed by atoms with van der Waals surface area (Å²) in [6, 6.07) is 18.4. The van der Waals surface area contributed by atoms with Gasteiger partial charge in [0.25, 0.3) is 10.0 Å². The molecule has 2 saturated heterocycles. The van der Waals surface area contributed by atoms with Crippen LogP contribution in [0.15, 0.2) is 71.9 Å². The van der Waals surface area contributed by atoms with E-state index in [9.17, 15) is 13.2 Å². The minimum atomic E-state index is -4.04. The Labute approximate surface area is 277 Å². The van der Waals surface area contributed by atoms with E-state index < -0.39 is 16.1 Å². The number of benzene rings is 2. The van der Waals surface area contributed by atoms with Crippen LogP contribution in [0.3, 0.4) is 0 Å². The lowest BCUT2D eigenvalue weighted by atomic mass is 9.90. The second-order valence-corrected chi connectivity index (χ2v) is 15.2. The molecule has 2 aliphatic heterocycles. The van der Waals surface area contributed by atoms with Gasteiger partial charge in [0.15, 0.2) is 5.03 Å². The number of piperazine rings is 1. The number of halogens is 1. The Morgan fingerprint density at radius 1 is 0.870 bits per heavy atom. The molecule has 1 aromatic heterocycles. The molecule has 0 bridgehead atoms. The largest absolute Gasteiger partial charge is 0.492 e. The number of aromatic nitrogens is 1. The van der Waals surface area contributed by atoms with Gasteiger partial charge in [-0.1, -0.05) is 67.3 Å². The van der Waals surface area contributed by atoms with Crippen molar-refractivity contribution in [1.29, 1.82) is 0 Å². The third-order valence-electron chi connectivity index (χ3n) is 9.58. The van der Waals surface area contributed by atoms with Crippen molar-refractivity contribution in [2.45, 2.75) is 68.6 Å². The molecule has 1 saturated carbocycles. The molecule has 3 aromatic rings. The normalized spacial score (nSPS) is 20.9. The monoisotopic (exact) mass is 665 g/mol.